The third-order valence-corrected chi connectivity index (χ3v) is 4.02. The highest BCUT2D eigenvalue weighted by Gasteiger charge is 2.21. The van der Waals surface area contributed by atoms with Gasteiger partial charge in [0.1, 0.15) is 5.82 Å². The third kappa shape index (κ3) is 3.85. The van der Waals surface area contributed by atoms with E-state index in [0.29, 0.717) is 36.0 Å². The monoisotopic (exact) mass is 356 g/mol. The molecule has 0 radical (unpaired) electrons. The number of carbonyl (C=O) groups is 2. The molecule has 8 nitrogen and oxygen atoms in total. The van der Waals surface area contributed by atoms with Crippen molar-refractivity contribution < 1.29 is 19.1 Å². The number of amides is 3. The number of hydrogen-bond donors (Lipinski definition) is 2. The van der Waals surface area contributed by atoms with Gasteiger partial charge in [0.05, 0.1) is 26.1 Å². The van der Waals surface area contributed by atoms with Gasteiger partial charge in [0.2, 0.25) is 5.91 Å². The van der Waals surface area contributed by atoms with Crippen LogP contribution < -0.4 is 25.0 Å². The summed E-state index contributed by atoms with van der Waals surface area (Å²) in [5.41, 5.74) is 1.29. The highest BCUT2D eigenvalue weighted by molar-refractivity contribution is 5.99. The molecule has 8 heteroatoms. The molecule has 0 aliphatic carbocycles. The van der Waals surface area contributed by atoms with Crippen molar-refractivity contribution in [2.75, 3.05) is 36.3 Å². The minimum absolute atomic E-state index is 0.0960. The zero-order valence-corrected chi connectivity index (χ0v) is 14.6. The maximum Gasteiger partial charge on any atom is 0.324 e. The van der Waals surface area contributed by atoms with Crippen LogP contribution in [0.5, 0.6) is 11.5 Å². The molecule has 2 N–H and O–H groups in total. The van der Waals surface area contributed by atoms with Crippen LogP contribution in [0.3, 0.4) is 0 Å². The van der Waals surface area contributed by atoms with Crippen LogP contribution in [-0.4, -0.2) is 37.7 Å². The van der Waals surface area contributed by atoms with E-state index in [1.54, 1.807) is 48.5 Å². The number of ether oxygens (including phenoxy) is 2. The van der Waals surface area contributed by atoms with Crippen LogP contribution in [-0.2, 0) is 4.79 Å². The molecule has 0 unspecified atom stereocenters. The summed E-state index contributed by atoms with van der Waals surface area (Å²) in [5.74, 6) is 1.58. The molecule has 1 aliphatic heterocycles. The van der Waals surface area contributed by atoms with E-state index in [9.17, 15) is 9.59 Å². The molecule has 3 rings (SSSR count). The summed E-state index contributed by atoms with van der Waals surface area (Å²) in [6.45, 7) is 0.701. The quantitative estimate of drug-likeness (QED) is 0.859. The first kappa shape index (κ1) is 17.5. The van der Waals surface area contributed by atoms with E-state index < -0.39 is 6.03 Å². The zero-order chi connectivity index (χ0) is 18.5. The maximum atomic E-state index is 12.1. The van der Waals surface area contributed by atoms with E-state index in [1.807, 2.05) is 0 Å². The Labute approximate surface area is 151 Å². The normalized spacial score (nSPS) is 13.5. The molecule has 1 saturated heterocycles. The van der Waals surface area contributed by atoms with Crippen molar-refractivity contribution in [3.8, 4) is 11.5 Å². The van der Waals surface area contributed by atoms with Crippen molar-refractivity contribution in [3.05, 3.63) is 36.5 Å². The highest BCUT2D eigenvalue weighted by atomic mass is 16.5. The van der Waals surface area contributed by atoms with E-state index in [4.69, 9.17) is 9.47 Å². The van der Waals surface area contributed by atoms with Gasteiger partial charge < -0.3 is 19.7 Å². The average molecular weight is 356 g/mol. The lowest BCUT2D eigenvalue weighted by atomic mass is 10.3. The number of benzene rings is 1. The second-order valence-electron chi connectivity index (χ2n) is 5.70. The lowest BCUT2D eigenvalue weighted by Crippen LogP contribution is -2.24. The number of nitrogens with one attached hydrogen (secondary N) is 2. The molecular formula is C18H20N4O4. The fourth-order valence-electron chi connectivity index (χ4n) is 2.73. The van der Waals surface area contributed by atoms with Gasteiger partial charge in [0.25, 0.3) is 0 Å². The largest absolute Gasteiger partial charge is 0.493 e. The fraction of sp³-hybridized carbons (Fsp3) is 0.278. The molecule has 2 aromatic rings. The fourth-order valence-corrected chi connectivity index (χ4v) is 2.73. The van der Waals surface area contributed by atoms with E-state index >= 15 is 0 Å². The first-order valence-electron chi connectivity index (χ1n) is 8.17. The predicted molar refractivity (Wildman–Crippen MR) is 98.0 cm³/mol. The molecule has 3 amide bonds. The molecule has 0 spiro atoms. The summed E-state index contributed by atoms with van der Waals surface area (Å²) < 4.78 is 10.4. The van der Waals surface area contributed by atoms with Crippen LogP contribution in [0.4, 0.5) is 22.0 Å². The van der Waals surface area contributed by atoms with Crippen molar-refractivity contribution >= 4 is 29.1 Å². The molecular weight excluding hydrogens is 336 g/mol. The number of rotatable bonds is 5. The Balaban J connectivity index is 1.62. The van der Waals surface area contributed by atoms with Crippen LogP contribution in [0.25, 0.3) is 0 Å². The number of carbonyl (C=O) groups excluding carboxylic acids is 2. The van der Waals surface area contributed by atoms with Crippen LogP contribution >= 0.6 is 0 Å². The molecule has 1 aliphatic rings. The Morgan fingerprint density at radius 2 is 1.92 bits per heavy atom. The summed E-state index contributed by atoms with van der Waals surface area (Å²) in [5, 5.41) is 5.35. The molecule has 1 aromatic carbocycles. The van der Waals surface area contributed by atoms with E-state index in [0.717, 1.165) is 12.1 Å². The van der Waals surface area contributed by atoms with Crippen LogP contribution in [0, 0.1) is 0 Å². The van der Waals surface area contributed by atoms with Crippen LogP contribution in [0.1, 0.15) is 12.8 Å². The maximum absolute atomic E-state index is 12.1. The summed E-state index contributed by atoms with van der Waals surface area (Å²) in [4.78, 5) is 29.8. The summed E-state index contributed by atoms with van der Waals surface area (Å²) in [6, 6.07) is 8.06. The number of pyridine rings is 1. The van der Waals surface area contributed by atoms with Gasteiger partial charge in [-0.25, -0.2) is 9.78 Å². The number of nitrogens with zero attached hydrogens (tertiary/aromatic N) is 2. The first-order chi connectivity index (χ1) is 12.6. The Bertz CT molecular complexity index is 807. The standard InChI is InChI=1S/C18H20N4O4/c1-25-14-7-5-12(10-15(14)26-2)20-18(24)21-16-8-6-13(11-19-16)22-9-3-4-17(22)23/h5-8,10-11H,3-4,9H2,1-2H3,(H2,19,20,21,24). The minimum atomic E-state index is -0.435. The highest BCUT2D eigenvalue weighted by Crippen LogP contribution is 2.29. The van der Waals surface area contributed by atoms with Gasteiger partial charge in [0.15, 0.2) is 11.5 Å². The lowest BCUT2D eigenvalue weighted by Gasteiger charge is -2.15. The van der Waals surface area contributed by atoms with Gasteiger partial charge in [-0.15, -0.1) is 0 Å². The molecule has 0 bridgehead atoms. The van der Waals surface area contributed by atoms with Crippen molar-refractivity contribution in [2.45, 2.75) is 12.8 Å². The second kappa shape index (κ2) is 7.73. The average Bonchev–Trinajstić information content (AvgIpc) is 3.08. The predicted octanol–water partition coefficient (Wildman–Crippen LogP) is 2.87. The van der Waals surface area contributed by atoms with Crippen molar-refractivity contribution in [1.29, 1.82) is 0 Å². The van der Waals surface area contributed by atoms with E-state index in [1.165, 1.54) is 7.11 Å². The Morgan fingerprint density at radius 1 is 1.12 bits per heavy atom. The van der Waals surface area contributed by atoms with Gasteiger partial charge >= 0.3 is 6.03 Å². The SMILES string of the molecule is COc1ccc(NC(=O)Nc2ccc(N3CCCC3=O)cn2)cc1OC. The summed E-state index contributed by atoms with van der Waals surface area (Å²) >= 11 is 0. The molecule has 2 heterocycles. The third-order valence-electron chi connectivity index (χ3n) is 4.02. The topological polar surface area (TPSA) is 92.8 Å². The van der Waals surface area contributed by atoms with Gasteiger partial charge in [0, 0.05) is 24.7 Å². The first-order valence-corrected chi connectivity index (χ1v) is 8.17. The van der Waals surface area contributed by atoms with Crippen LogP contribution in [0.15, 0.2) is 36.5 Å². The van der Waals surface area contributed by atoms with E-state index in [-0.39, 0.29) is 5.91 Å². The smallest absolute Gasteiger partial charge is 0.324 e. The molecule has 136 valence electrons. The Kier molecular flexibility index (Phi) is 5.21. The lowest BCUT2D eigenvalue weighted by molar-refractivity contribution is -0.117. The minimum Gasteiger partial charge on any atom is -0.493 e. The number of hydrogen-bond acceptors (Lipinski definition) is 5. The molecule has 1 aromatic heterocycles. The van der Waals surface area contributed by atoms with Crippen molar-refractivity contribution in [1.82, 2.24) is 4.98 Å². The number of anilines is 3. The van der Waals surface area contributed by atoms with Crippen LogP contribution in [0.2, 0.25) is 0 Å². The number of aromatic nitrogens is 1. The van der Waals surface area contributed by atoms with Gasteiger partial charge in [-0.1, -0.05) is 0 Å². The van der Waals surface area contributed by atoms with Gasteiger partial charge in [-0.2, -0.15) is 0 Å². The van der Waals surface area contributed by atoms with Crippen molar-refractivity contribution in [2.24, 2.45) is 0 Å². The number of methoxy groups -OCH3 is 2. The molecule has 0 saturated carbocycles. The Morgan fingerprint density at radius 3 is 2.54 bits per heavy atom. The van der Waals surface area contributed by atoms with Gasteiger partial charge in [-0.05, 0) is 30.7 Å². The molecule has 26 heavy (non-hydrogen) atoms. The number of urea groups is 1. The second-order valence-corrected chi connectivity index (χ2v) is 5.70. The van der Waals surface area contributed by atoms with Gasteiger partial charge in [-0.3, -0.25) is 10.1 Å². The zero-order valence-electron chi connectivity index (χ0n) is 14.6. The van der Waals surface area contributed by atoms with E-state index in [2.05, 4.69) is 15.6 Å². The molecule has 1 fully saturated rings. The van der Waals surface area contributed by atoms with Crippen molar-refractivity contribution in [3.63, 3.8) is 0 Å². The summed E-state index contributed by atoms with van der Waals surface area (Å²) in [7, 11) is 3.07. The Hall–Kier alpha value is -3.29. The summed E-state index contributed by atoms with van der Waals surface area (Å²) in [6.07, 6.45) is 3.00. The molecule has 0 atom stereocenters.